The van der Waals surface area contributed by atoms with Crippen LogP contribution in [0.2, 0.25) is 0 Å². The summed E-state index contributed by atoms with van der Waals surface area (Å²) in [6.45, 7) is 0. The van der Waals surface area contributed by atoms with Crippen LogP contribution in [0, 0.1) is 5.82 Å². The number of hydrogen-bond acceptors (Lipinski definition) is 2. The van der Waals surface area contributed by atoms with Crippen molar-refractivity contribution in [1.82, 2.24) is 4.98 Å². The van der Waals surface area contributed by atoms with E-state index in [1.165, 1.54) is 6.20 Å². The van der Waals surface area contributed by atoms with Crippen molar-refractivity contribution >= 4 is 15.9 Å². The third kappa shape index (κ3) is 4.01. The lowest BCUT2D eigenvalue weighted by Gasteiger charge is -2.14. The van der Waals surface area contributed by atoms with Crippen LogP contribution >= 0.6 is 15.9 Å². The van der Waals surface area contributed by atoms with Crippen molar-refractivity contribution in [2.24, 2.45) is 0 Å². The lowest BCUT2D eigenvalue weighted by molar-refractivity contribution is -0.140. The van der Waals surface area contributed by atoms with Crippen LogP contribution in [-0.4, -0.2) is 10.1 Å². The molecule has 0 saturated carbocycles. The maximum atomic E-state index is 13.2. The number of aliphatic hydroxyl groups is 1. The summed E-state index contributed by atoms with van der Waals surface area (Å²) in [4.78, 5) is 4.03. The quantitative estimate of drug-likeness (QED) is 0.825. The fourth-order valence-electron chi connectivity index (χ4n) is 1.81. The van der Waals surface area contributed by atoms with Gasteiger partial charge in [0, 0.05) is 22.8 Å². The van der Waals surface area contributed by atoms with Crippen LogP contribution in [0.1, 0.15) is 22.9 Å². The fraction of sp³-hybridized carbons (Fsp3) is 0.214. The monoisotopic (exact) mass is 363 g/mol. The van der Waals surface area contributed by atoms with Crippen molar-refractivity contribution in [1.29, 1.82) is 0 Å². The van der Waals surface area contributed by atoms with E-state index in [1.807, 2.05) is 0 Å². The molecule has 0 fully saturated rings. The molecule has 0 aliphatic heterocycles. The Morgan fingerprint density at radius 3 is 2.48 bits per heavy atom. The highest BCUT2D eigenvalue weighted by Crippen LogP contribution is 2.33. The van der Waals surface area contributed by atoms with Crippen LogP contribution < -0.4 is 0 Å². The molecule has 2 aromatic rings. The molecule has 0 radical (unpaired) electrons. The van der Waals surface area contributed by atoms with E-state index in [9.17, 15) is 22.7 Å². The van der Waals surface area contributed by atoms with Gasteiger partial charge in [-0.25, -0.2) is 4.39 Å². The van der Waals surface area contributed by atoms with Crippen LogP contribution in [0.25, 0.3) is 0 Å². The highest BCUT2D eigenvalue weighted by atomic mass is 79.9. The first kappa shape index (κ1) is 15.9. The first-order valence-corrected chi connectivity index (χ1v) is 6.72. The number of rotatable bonds is 3. The van der Waals surface area contributed by atoms with Crippen molar-refractivity contribution < 1.29 is 22.7 Å². The van der Waals surface area contributed by atoms with Gasteiger partial charge in [0.1, 0.15) is 5.82 Å². The van der Waals surface area contributed by atoms with Crippen molar-refractivity contribution in [3.05, 3.63) is 63.6 Å². The Labute approximate surface area is 126 Å². The smallest absolute Gasteiger partial charge is 0.388 e. The fourth-order valence-corrected chi connectivity index (χ4v) is 2.05. The lowest BCUT2D eigenvalue weighted by Crippen LogP contribution is -2.11. The number of aliphatic hydroxyl groups excluding tert-OH is 1. The van der Waals surface area contributed by atoms with E-state index in [0.717, 1.165) is 10.5 Å². The molecule has 21 heavy (non-hydrogen) atoms. The molecule has 1 heterocycles. The second kappa shape index (κ2) is 6.11. The Morgan fingerprint density at radius 1 is 1.19 bits per heavy atom. The Balaban J connectivity index is 2.23. The number of benzene rings is 1. The second-order valence-electron chi connectivity index (χ2n) is 4.42. The van der Waals surface area contributed by atoms with Crippen molar-refractivity contribution in [2.45, 2.75) is 18.7 Å². The molecule has 0 saturated heterocycles. The van der Waals surface area contributed by atoms with Crippen LogP contribution in [-0.2, 0) is 12.6 Å². The molecule has 7 heteroatoms. The molecular weight excluding hydrogens is 354 g/mol. The molecular formula is C14H10BrF4NO. The van der Waals surface area contributed by atoms with Gasteiger partial charge in [-0.05, 0) is 45.8 Å². The summed E-state index contributed by atoms with van der Waals surface area (Å²) in [5.41, 5.74) is -0.875. The molecule has 2 rings (SSSR count). The molecule has 0 amide bonds. The molecule has 0 bridgehead atoms. The van der Waals surface area contributed by atoms with E-state index >= 15 is 0 Å². The van der Waals surface area contributed by atoms with Gasteiger partial charge >= 0.3 is 6.18 Å². The van der Waals surface area contributed by atoms with Crippen molar-refractivity contribution in [3.63, 3.8) is 0 Å². The third-order valence-electron chi connectivity index (χ3n) is 2.87. The number of halogens is 5. The molecule has 1 aromatic heterocycles. The largest absolute Gasteiger partial charge is 0.419 e. The van der Waals surface area contributed by atoms with Gasteiger partial charge in [-0.1, -0.05) is 6.07 Å². The van der Waals surface area contributed by atoms with Gasteiger partial charge in [0.05, 0.1) is 11.7 Å². The van der Waals surface area contributed by atoms with Crippen LogP contribution in [0.5, 0.6) is 0 Å². The van der Waals surface area contributed by atoms with Gasteiger partial charge in [0.2, 0.25) is 0 Å². The van der Waals surface area contributed by atoms with Gasteiger partial charge in [-0.15, -0.1) is 0 Å². The minimum Gasteiger partial charge on any atom is -0.388 e. The topological polar surface area (TPSA) is 33.1 Å². The van der Waals surface area contributed by atoms with Crippen molar-refractivity contribution in [2.75, 3.05) is 0 Å². The molecule has 0 aliphatic rings. The normalized spacial score (nSPS) is 13.2. The van der Waals surface area contributed by atoms with Gasteiger partial charge in [0.15, 0.2) is 0 Å². The average molecular weight is 364 g/mol. The van der Waals surface area contributed by atoms with Gasteiger partial charge in [-0.2, -0.15) is 13.2 Å². The summed E-state index contributed by atoms with van der Waals surface area (Å²) in [6, 6.07) is 5.81. The summed E-state index contributed by atoms with van der Waals surface area (Å²) >= 11 is 3.20. The Morgan fingerprint density at radius 2 is 1.90 bits per heavy atom. The number of hydrogen-bond donors (Lipinski definition) is 1. The van der Waals surface area contributed by atoms with Gasteiger partial charge in [0.25, 0.3) is 0 Å². The number of nitrogens with zero attached hydrogens (tertiary/aromatic N) is 1. The van der Waals surface area contributed by atoms with Crippen LogP contribution in [0.15, 0.2) is 41.0 Å². The Hall–Kier alpha value is -1.47. The van der Waals surface area contributed by atoms with E-state index in [1.54, 1.807) is 12.1 Å². The molecule has 1 aromatic carbocycles. The summed E-state index contributed by atoms with van der Waals surface area (Å²) in [7, 11) is 0. The number of alkyl halides is 3. The summed E-state index contributed by atoms with van der Waals surface area (Å²) in [5.74, 6) is -1.36. The van der Waals surface area contributed by atoms with Gasteiger partial charge in [-0.3, -0.25) is 4.98 Å². The average Bonchev–Trinajstić information content (AvgIpc) is 2.40. The van der Waals surface area contributed by atoms with Crippen LogP contribution in [0.4, 0.5) is 17.6 Å². The lowest BCUT2D eigenvalue weighted by atomic mass is 10.0. The minimum absolute atomic E-state index is 0.00607. The van der Waals surface area contributed by atoms with E-state index < -0.39 is 23.7 Å². The Bertz CT molecular complexity index is 628. The number of pyridine rings is 1. The summed E-state index contributed by atoms with van der Waals surface area (Å²) < 4.78 is 51.8. The standard InChI is InChI=1S/C14H10BrF4NO/c15-9-2-3-10(20-7-9)6-13(21)8-1-4-12(16)11(5-8)14(17,18)19/h1-5,7,13,21H,6H2. The first-order valence-electron chi connectivity index (χ1n) is 5.92. The van der Waals surface area contributed by atoms with Crippen LogP contribution in [0.3, 0.4) is 0 Å². The second-order valence-corrected chi connectivity index (χ2v) is 5.34. The van der Waals surface area contributed by atoms with E-state index in [4.69, 9.17) is 0 Å². The zero-order valence-electron chi connectivity index (χ0n) is 10.5. The van der Waals surface area contributed by atoms with Crippen molar-refractivity contribution in [3.8, 4) is 0 Å². The molecule has 1 N–H and O–H groups in total. The summed E-state index contributed by atoms with van der Waals surface area (Å²) in [6.07, 6.45) is -4.43. The molecule has 1 atom stereocenters. The van der Waals surface area contributed by atoms with E-state index in [-0.39, 0.29) is 12.0 Å². The Kier molecular flexibility index (Phi) is 4.63. The first-order chi connectivity index (χ1) is 9.77. The predicted molar refractivity (Wildman–Crippen MR) is 72.0 cm³/mol. The predicted octanol–water partition coefficient (Wildman–Crippen LogP) is 4.28. The maximum absolute atomic E-state index is 13.2. The zero-order chi connectivity index (χ0) is 15.6. The summed E-state index contributed by atoms with van der Waals surface area (Å²) in [5, 5.41) is 9.98. The SMILES string of the molecule is OC(Cc1ccc(Br)cn1)c1ccc(F)c(C(F)(F)F)c1. The molecule has 0 aliphatic carbocycles. The molecule has 2 nitrogen and oxygen atoms in total. The highest BCUT2D eigenvalue weighted by molar-refractivity contribution is 9.10. The minimum atomic E-state index is -4.80. The molecule has 1 unspecified atom stereocenters. The molecule has 112 valence electrons. The van der Waals surface area contributed by atoms with E-state index in [0.29, 0.717) is 17.8 Å². The van der Waals surface area contributed by atoms with Gasteiger partial charge < -0.3 is 5.11 Å². The molecule has 0 spiro atoms. The maximum Gasteiger partial charge on any atom is 0.419 e. The van der Waals surface area contributed by atoms with E-state index in [2.05, 4.69) is 20.9 Å². The third-order valence-corrected chi connectivity index (χ3v) is 3.34. The zero-order valence-corrected chi connectivity index (χ0v) is 12.1. The number of aromatic nitrogens is 1. The highest BCUT2D eigenvalue weighted by Gasteiger charge is 2.34.